The van der Waals surface area contributed by atoms with Crippen molar-refractivity contribution in [2.24, 2.45) is 5.73 Å². The van der Waals surface area contributed by atoms with E-state index in [1.807, 2.05) is 0 Å². The van der Waals surface area contributed by atoms with Gasteiger partial charge in [-0.1, -0.05) is 0 Å². The van der Waals surface area contributed by atoms with Crippen molar-refractivity contribution < 1.29 is 9.90 Å². The molecular weight excluding hydrogens is 236 g/mol. The van der Waals surface area contributed by atoms with Gasteiger partial charge < -0.3 is 10.8 Å². The lowest BCUT2D eigenvalue weighted by Crippen LogP contribution is -2.50. The first-order chi connectivity index (χ1) is 7.92. The molecule has 1 aliphatic rings. The summed E-state index contributed by atoms with van der Waals surface area (Å²) < 4.78 is 0. The highest BCUT2D eigenvalue weighted by Gasteiger charge is 2.42. The Morgan fingerprint density at radius 2 is 2.35 bits per heavy atom. The summed E-state index contributed by atoms with van der Waals surface area (Å²) in [5.41, 5.74) is 4.81. The molecule has 4 nitrogen and oxygen atoms in total. The van der Waals surface area contributed by atoms with E-state index in [9.17, 15) is 4.79 Å². The molecule has 2 unspecified atom stereocenters. The predicted octanol–water partition coefficient (Wildman–Crippen LogP) is 1.61. The van der Waals surface area contributed by atoms with Gasteiger partial charge in [0.05, 0.1) is 0 Å². The summed E-state index contributed by atoms with van der Waals surface area (Å²) in [4.78, 5) is 15.8. The predicted molar refractivity (Wildman–Crippen MR) is 68.2 cm³/mol. The number of likely N-dealkylation sites (tertiary alicyclic amines) is 1. The van der Waals surface area contributed by atoms with Gasteiger partial charge in [0.25, 0.3) is 0 Å². The van der Waals surface area contributed by atoms with E-state index >= 15 is 0 Å². The van der Waals surface area contributed by atoms with Crippen molar-refractivity contribution in [2.75, 3.05) is 13.1 Å². The van der Waals surface area contributed by atoms with Crippen LogP contribution in [0.4, 0.5) is 0 Å². The average molecular weight is 254 g/mol. The summed E-state index contributed by atoms with van der Waals surface area (Å²) in [5.74, 6) is -0.894. The van der Waals surface area contributed by atoms with E-state index in [4.69, 9.17) is 10.8 Å². The number of aliphatic carboxylic acids is 1. The fourth-order valence-corrected chi connectivity index (χ4v) is 3.19. The Labute approximate surface area is 105 Å². The maximum Gasteiger partial charge on any atom is 0.325 e. The normalized spacial score (nSPS) is 27.2. The molecule has 0 bridgehead atoms. The molecule has 0 aromatic carbocycles. The summed E-state index contributed by atoms with van der Waals surface area (Å²) in [6.45, 7) is 5.37. The van der Waals surface area contributed by atoms with Crippen LogP contribution in [0.3, 0.4) is 0 Å². The van der Waals surface area contributed by atoms with Crippen LogP contribution in [-0.2, 0) is 4.79 Å². The molecule has 0 saturated carbocycles. The number of thiophene rings is 1. The number of rotatable bonds is 3. The number of aryl methyl sites for hydroxylation is 1. The molecule has 0 aliphatic carbocycles. The van der Waals surface area contributed by atoms with Crippen molar-refractivity contribution >= 4 is 17.3 Å². The lowest BCUT2D eigenvalue weighted by atomic mass is 10.0. The van der Waals surface area contributed by atoms with Gasteiger partial charge in [0.2, 0.25) is 0 Å². The molecule has 5 heteroatoms. The van der Waals surface area contributed by atoms with Gasteiger partial charge in [0.1, 0.15) is 5.54 Å². The Kier molecular flexibility index (Phi) is 3.25. The molecule has 94 valence electrons. The first-order valence-corrected chi connectivity index (χ1v) is 6.57. The number of hydrogen-bond donors (Lipinski definition) is 2. The fraction of sp³-hybridized carbons (Fsp3) is 0.583. The second-order valence-corrected chi connectivity index (χ2v) is 6.13. The van der Waals surface area contributed by atoms with Gasteiger partial charge in [-0.3, -0.25) is 9.69 Å². The fourth-order valence-electron chi connectivity index (χ4n) is 2.23. The molecular formula is C12H18N2O2S. The van der Waals surface area contributed by atoms with Crippen molar-refractivity contribution in [2.45, 2.75) is 31.8 Å². The second-order valence-electron chi connectivity index (χ2n) is 4.81. The van der Waals surface area contributed by atoms with Crippen molar-refractivity contribution in [3.05, 3.63) is 21.9 Å². The number of carbonyl (C=O) groups is 1. The van der Waals surface area contributed by atoms with Gasteiger partial charge in [0.15, 0.2) is 0 Å². The maximum atomic E-state index is 11.1. The van der Waals surface area contributed by atoms with Crippen LogP contribution in [0.25, 0.3) is 0 Å². The van der Waals surface area contributed by atoms with Gasteiger partial charge in [-0.15, -0.1) is 11.3 Å². The first-order valence-electron chi connectivity index (χ1n) is 5.75. The van der Waals surface area contributed by atoms with Crippen molar-refractivity contribution in [3.8, 4) is 0 Å². The number of nitrogens with zero attached hydrogens (tertiary/aromatic N) is 1. The highest BCUT2D eigenvalue weighted by Crippen LogP contribution is 2.32. The number of nitrogens with two attached hydrogens (primary N) is 1. The third kappa shape index (κ3) is 2.36. The molecule has 2 heterocycles. The zero-order valence-corrected chi connectivity index (χ0v) is 11.0. The number of carboxylic acids is 1. The van der Waals surface area contributed by atoms with Gasteiger partial charge in [-0.25, -0.2) is 0 Å². The van der Waals surface area contributed by atoms with Crippen LogP contribution < -0.4 is 5.73 Å². The van der Waals surface area contributed by atoms with Crippen molar-refractivity contribution in [1.29, 1.82) is 0 Å². The maximum absolute atomic E-state index is 11.1. The van der Waals surface area contributed by atoms with Gasteiger partial charge >= 0.3 is 5.97 Å². The molecule has 1 saturated heterocycles. The Hall–Kier alpha value is -0.910. The molecule has 3 N–H and O–H groups in total. The zero-order chi connectivity index (χ0) is 12.6. The van der Waals surface area contributed by atoms with Crippen LogP contribution in [0.2, 0.25) is 0 Å². The molecule has 0 radical (unpaired) electrons. The third-order valence-corrected chi connectivity index (χ3v) is 4.65. The average Bonchev–Trinajstić information content (AvgIpc) is 2.85. The summed E-state index contributed by atoms with van der Waals surface area (Å²) in [6.07, 6.45) is 0.525. The highest BCUT2D eigenvalue weighted by molar-refractivity contribution is 7.12. The molecule has 1 fully saturated rings. The van der Waals surface area contributed by atoms with E-state index in [1.165, 1.54) is 9.75 Å². The number of hydrogen-bond acceptors (Lipinski definition) is 4. The SMILES string of the molecule is Cc1ccc(C(C)N2CCC(N)(C(=O)O)C2)s1. The summed E-state index contributed by atoms with van der Waals surface area (Å²) in [5, 5.41) is 9.10. The van der Waals surface area contributed by atoms with E-state index in [1.54, 1.807) is 11.3 Å². The molecule has 2 rings (SSSR count). The first kappa shape index (κ1) is 12.5. The molecule has 0 amide bonds. The standard InChI is InChI=1S/C12H18N2O2S/c1-8-3-4-10(17-8)9(2)14-6-5-12(13,7-14)11(15)16/h3-4,9H,5-7,13H2,1-2H3,(H,15,16). The molecule has 1 aliphatic heterocycles. The van der Waals surface area contributed by atoms with Crippen LogP contribution in [0.5, 0.6) is 0 Å². The summed E-state index contributed by atoms with van der Waals surface area (Å²) >= 11 is 1.76. The van der Waals surface area contributed by atoms with Crippen LogP contribution in [-0.4, -0.2) is 34.6 Å². The molecule has 0 spiro atoms. The smallest absolute Gasteiger partial charge is 0.325 e. The van der Waals surface area contributed by atoms with Crippen LogP contribution in [0.15, 0.2) is 12.1 Å². The topological polar surface area (TPSA) is 66.6 Å². The van der Waals surface area contributed by atoms with Gasteiger partial charge in [-0.05, 0) is 32.4 Å². The summed E-state index contributed by atoms with van der Waals surface area (Å²) in [7, 11) is 0. The molecule has 17 heavy (non-hydrogen) atoms. The van der Waals surface area contributed by atoms with E-state index in [-0.39, 0.29) is 6.04 Å². The van der Waals surface area contributed by atoms with Crippen LogP contribution >= 0.6 is 11.3 Å². The molecule has 1 aromatic heterocycles. The lowest BCUT2D eigenvalue weighted by Gasteiger charge is -2.25. The van der Waals surface area contributed by atoms with Crippen molar-refractivity contribution in [3.63, 3.8) is 0 Å². The lowest BCUT2D eigenvalue weighted by molar-refractivity contribution is -0.142. The minimum atomic E-state index is -1.07. The van der Waals surface area contributed by atoms with Gasteiger partial charge in [-0.2, -0.15) is 0 Å². The quantitative estimate of drug-likeness (QED) is 0.860. The second kappa shape index (κ2) is 4.40. The summed E-state index contributed by atoms with van der Waals surface area (Å²) in [6, 6.07) is 4.46. The Morgan fingerprint density at radius 1 is 1.65 bits per heavy atom. The van der Waals surface area contributed by atoms with E-state index in [0.29, 0.717) is 13.0 Å². The van der Waals surface area contributed by atoms with E-state index in [2.05, 4.69) is 30.9 Å². The molecule has 1 aromatic rings. The van der Waals surface area contributed by atoms with Crippen LogP contribution in [0, 0.1) is 6.92 Å². The van der Waals surface area contributed by atoms with Crippen LogP contribution in [0.1, 0.15) is 29.1 Å². The third-order valence-electron chi connectivity index (χ3n) is 3.48. The largest absolute Gasteiger partial charge is 0.480 e. The Balaban J connectivity index is 2.08. The molecule has 2 atom stereocenters. The number of carboxylic acid groups (broad SMARTS) is 1. The minimum Gasteiger partial charge on any atom is -0.480 e. The monoisotopic (exact) mass is 254 g/mol. The zero-order valence-electron chi connectivity index (χ0n) is 10.1. The Morgan fingerprint density at radius 3 is 2.82 bits per heavy atom. The minimum absolute atomic E-state index is 0.249. The van der Waals surface area contributed by atoms with E-state index in [0.717, 1.165) is 6.54 Å². The highest BCUT2D eigenvalue weighted by atomic mass is 32.1. The van der Waals surface area contributed by atoms with Gasteiger partial charge in [0, 0.05) is 28.9 Å². The Bertz CT molecular complexity index is 432. The van der Waals surface area contributed by atoms with Crippen molar-refractivity contribution in [1.82, 2.24) is 4.90 Å². The van der Waals surface area contributed by atoms with E-state index < -0.39 is 11.5 Å².